The topological polar surface area (TPSA) is 35.2 Å². The Labute approximate surface area is 108 Å². The van der Waals surface area contributed by atoms with E-state index in [0.29, 0.717) is 11.3 Å². The molecular formula is C13H10ClF2NO. The van der Waals surface area contributed by atoms with E-state index in [4.69, 9.17) is 22.1 Å². The zero-order valence-electron chi connectivity index (χ0n) is 9.29. The first kappa shape index (κ1) is 12.6. The van der Waals surface area contributed by atoms with Crippen LogP contribution in [0.15, 0.2) is 36.4 Å². The molecule has 0 saturated carbocycles. The molecule has 0 spiro atoms. The summed E-state index contributed by atoms with van der Waals surface area (Å²) in [6.45, 7) is 0.0555. The van der Waals surface area contributed by atoms with Crippen molar-refractivity contribution in [2.24, 2.45) is 0 Å². The van der Waals surface area contributed by atoms with Gasteiger partial charge < -0.3 is 10.5 Å². The van der Waals surface area contributed by atoms with E-state index < -0.39 is 11.6 Å². The van der Waals surface area contributed by atoms with Crippen LogP contribution in [0.1, 0.15) is 5.56 Å². The van der Waals surface area contributed by atoms with E-state index in [1.807, 2.05) is 0 Å². The Morgan fingerprint density at radius 2 is 1.89 bits per heavy atom. The lowest BCUT2D eigenvalue weighted by atomic mass is 10.2. The van der Waals surface area contributed by atoms with Crippen LogP contribution in [-0.2, 0) is 6.61 Å². The Morgan fingerprint density at radius 3 is 2.56 bits per heavy atom. The number of halogens is 3. The molecule has 2 aromatic rings. The number of ether oxygens (including phenoxy) is 1. The minimum atomic E-state index is -0.548. The summed E-state index contributed by atoms with van der Waals surface area (Å²) >= 11 is 5.83. The minimum absolute atomic E-state index is 0.0555. The summed E-state index contributed by atoms with van der Waals surface area (Å²) in [5, 5.41) is 0.242. The van der Waals surface area contributed by atoms with E-state index in [1.165, 1.54) is 36.4 Å². The molecule has 0 saturated heterocycles. The lowest BCUT2D eigenvalue weighted by Crippen LogP contribution is -1.99. The summed E-state index contributed by atoms with van der Waals surface area (Å²) in [6, 6.07) is 8.07. The van der Waals surface area contributed by atoms with E-state index in [0.717, 1.165) is 0 Å². The minimum Gasteiger partial charge on any atom is -0.486 e. The highest BCUT2D eigenvalue weighted by molar-refractivity contribution is 6.31. The number of anilines is 1. The average Bonchev–Trinajstić information content (AvgIpc) is 2.30. The molecule has 0 bridgehead atoms. The van der Waals surface area contributed by atoms with Crippen LogP contribution < -0.4 is 10.5 Å². The summed E-state index contributed by atoms with van der Waals surface area (Å²) in [6.07, 6.45) is 0. The van der Waals surface area contributed by atoms with Gasteiger partial charge in [-0.05, 0) is 24.3 Å². The normalized spacial score (nSPS) is 10.4. The van der Waals surface area contributed by atoms with Crippen molar-refractivity contribution in [3.63, 3.8) is 0 Å². The van der Waals surface area contributed by atoms with Gasteiger partial charge in [0.1, 0.15) is 12.4 Å². The van der Waals surface area contributed by atoms with Crippen molar-refractivity contribution in [1.82, 2.24) is 0 Å². The van der Waals surface area contributed by atoms with Crippen molar-refractivity contribution in [2.75, 3.05) is 5.73 Å². The molecule has 0 amide bonds. The van der Waals surface area contributed by atoms with E-state index >= 15 is 0 Å². The van der Waals surface area contributed by atoms with Crippen molar-refractivity contribution in [2.45, 2.75) is 6.61 Å². The Morgan fingerprint density at radius 1 is 1.11 bits per heavy atom. The second-order valence-corrected chi connectivity index (χ2v) is 4.12. The van der Waals surface area contributed by atoms with Crippen LogP contribution in [0, 0.1) is 11.6 Å². The first-order valence-electron chi connectivity index (χ1n) is 5.18. The van der Waals surface area contributed by atoms with Gasteiger partial charge in [-0.3, -0.25) is 0 Å². The first-order chi connectivity index (χ1) is 8.56. The fourth-order valence-corrected chi connectivity index (χ4v) is 1.65. The maximum Gasteiger partial charge on any atom is 0.167 e. The van der Waals surface area contributed by atoms with Gasteiger partial charge in [-0.25, -0.2) is 8.78 Å². The predicted octanol–water partition coefficient (Wildman–Crippen LogP) is 3.78. The molecule has 0 unspecified atom stereocenters. The summed E-state index contributed by atoms with van der Waals surface area (Å²) in [7, 11) is 0. The van der Waals surface area contributed by atoms with E-state index in [9.17, 15) is 8.78 Å². The van der Waals surface area contributed by atoms with Crippen molar-refractivity contribution in [3.05, 3.63) is 58.6 Å². The smallest absolute Gasteiger partial charge is 0.167 e. The third-order valence-electron chi connectivity index (χ3n) is 2.35. The van der Waals surface area contributed by atoms with Gasteiger partial charge in [0, 0.05) is 17.3 Å². The molecule has 94 valence electrons. The molecule has 0 aliphatic rings. The van der Waals surface area contributed by atoms with Gasteiger partial charge in [-0.1, -0.05) is 17.7 Å². The van der Waals surface area contributed by atoms with Gasteiger partial charge in [0.2, 0.25) is 0 Å². The van der Waals surface area contributed by atoms with Crippen molar-refractivity contribution in [3.8, 4) is 5.75 Å². The lowest BCUT2D eigenvalue weighted by Gasteiger charge is -2.09. The van der Waals surface area contributed by atoms with Crippen LogP contribution in [0.4, 0.5) is 14.5 Å². The second-order valence-electron chi connectivity index (χ2n) is 3.71. The number of nitrogens with two attached hydrogens (primary N) is 1. The molecule has 2 N–H and O–H groups in total. The molecular weight excluding hydrogens is 260 g/mol. The monoisotopic (exact) mass is 269 g/mol. The summed E-state index contributed by atoms with van der Waals surface area (Å²) in [5.41, 5.74) is 6.31. The maximum atomic E-state index is 13.4. The number of nitrogen functional groups attached to an aromatic ring is 1. The van der Waals surface area contributed by atoms with Gasteiger partial charge in [0.15, 0.2) is 11.6 Å². The lowest BCUT2D eigenvalue weighted by molar-refractivity contribution is 0.290. The average molecular weight is 270 g/mol. The molecule has 0 aliphatic heterocycles. The third kappa shape index (κ3) is 2.90. The first-order valence-corrected chi connectivity index (χ1v) is 5.56. The van der Waals surface area contributed by atoms with E-state index in [1.54, 1.807) is 0 Å². The van der Waals surface area contributed by atoms with Gasteiger partial charge in [-0.2, -0.15) is 0 Å². The molecule has 0 atom stereocenters. The molecule has 18 heavy (non-hydrogen) atoms. The van der Waals surface area contributed by atoms with E-state index in [2.05, 4.69) is 0 Å². The second kappa shape index (κ2) is 5.23. The highest BCUT2D eigenvalue weighted by Gasteiger charge is 2.06. The largest absolute Gasteiger partial charge is 0.486 e. The summed E-state index contributed by atoms with van der Waals surface area (Å²) < 4.78 is 31.5. The van der Waals surface area contributed by atoms with E-state index in [-0.39, 0.29) is 17.4 Å². The van der Waals surface area contributed by atoms with Crippen LogP contribution in [0.5, 0.6) is 5.75 Å². The van der Waals surface area contributed by atoms with Crippen molar-refractivity contribution >= 4 is 17.3 Å². The molecule has 0 fully saturated rings. The third-order valence-corrected chi connectivity index (χ3v) is 2.71. The fraction of sp³-hybridized carbons (Fsp3) is 0.0769. The Bertz CT molecular complexity index is 523. The molecule has 0 aliphatic carbocycles. The Hall–Kier alpha value is -1.81. The Kier molecular flexibility index (Phi) is 3.67. The molecule has 0 radical (unpaired) electrons. The number of hydrogen-bond acceptors (Lipinski definition) is 2. The molecule has 5 heteroatoms. The maximum absolute atomic E-state index is 13.4. The fourth-order valence-electron chi connectivity index (χ4n) is 1.43. The summed E-state index contributed by atoms with van der Waals surface area (Å²) in [5.74, 6) is -0.903. The standard InChI is InChI=1S/C13H10ClF2NO/c14-11-5-9(15)2-1-8(11)7-18-13-4-3-10(17)6-12(13)16/h1-6H,7,17H2. The molecule has 0 heterocycles. The zero-order chi connectivity index (χ0) is 13.1. The van der Waals surface area contributed by atoms with Crippen molar-refractivity contribution < 1.29 is 13.5 Å². The van der Waals surface area contributed by atoms with Crippen LogP contribution in [0.3, 0.4) is 0 Å². The van der Waals surface area contributed by atoms with Gasteiger partial charge in [0.25, 0.3) is 0 Å². The van der Waals surface area contributed by atoms with Gasteiger partial charge in [-0.15, -0.1) is 0 Å². The SMILES string of the molecule is Nc1ccc(OCc2ccc(F)cc2Cl)c(F)c1. The highest BCUT2D eigenvalue weighted by Crippen LogP contribution is 2.23. The van der Waals surface area contributed by atoms with Crippen LogP contribution in [-0.4, -0.2) is 0 Å². The summed E-state index contributed by atoms with van der Waals surface area (Å²) in [4.78, 5) is 0. The zero-order valence-corrected chi connectivity index (χ0v) is 10.0. The molecule has 0 aromatic heterocycles. The quantitative estimate of drug-likeness (QED) is 0.861. The van der Waals surface area contributed by atoms with Crippen LogP contribution >= 0.6 is 11.6 Å². The number of rotatable bonds is 3. The van der Waals surface area contributed by atoms with Gasteiger partial charge in [0.05, 0.1) is 5.02 Å². The molecule has 2 rings (SSSR count). The Balaban J connectivity index is 2.11. The molecule has 2 nitrogen and oxygen atoms in total. The van der Waals surface area contributed by atoms with Crippen LogP contribution in [0.2, 0.25) is 5.02 Å². The van der Waals surface area contributed by atoms with Crippen molar-refractivity contribution in [1.29, 1.82) is 0 Å². The molecule has 2 aromatic carbocycles. The number of benzene rings is 2. The van der Waals surface area contributed by atoms with Gasteiger partial charge >= 0.3 is 0 Å². The predicted molar refractivity (Wildman–Crippen MR) is 66.6 cm³/mol. The highest BCUT2D eigenvalue weighted by atomic mass is 35.5. The van der Waals surface area contributed by atoms with Crippen LogP contribution in [0.25, 0.3) is 0 Å². The number of hydrogen-bond donors (Lipinski definition) is 1.